The molecule has 0 N–H and O–H groups in total. The number of nitriles is 1. The molecule has 8 nitrogen and oxygen atoms in total. The lowest BCUT2D eigenvalue weighted by Crippen LogP contribution is -2.24. The van der Waals surface area contributed by atoms with Crippen molar-refractivity contribution in [1.29, 1.82) is 5.26 Å². The molecule has 9 heteroatoms. The van der Waals surface area contributed by atoms with Gasteiger partial charge in [-0.2, -0.15) is 5.26 Å². The number of ether oxygens (including phenoxy) is 1. The van der Waals surface area contributed by atoms with Crippen molar-refractivity contribution in [3.8, 4) is 6.07 Å². The van der Waals surface area contributed by atoms with Gasteiger partial charge >= 0.3 is 5.97 Å². The molecular formula is C14H13N5O3S. The standard InChI is InChI=1S/C14H13N5O3S/c1-3-6-19-12(20)10-11(18-14(19)23-2)16-8-9(17-10)13(21)22-7-4-5-15/h3,8H,1,4,6-7H2,2H3. The summed E-state index contributed by atoms with van der Waals surface area (Å²) in [6.45, 7) is 3.84. The zero-order chi connectivity index (χ0) is 16.8. The van der Waals surface area contributed by atoms with E-state index in [1.165, 1.54) is 22.5 Å². The molecule has 23 heavy (non-hydrogen) atoms. The summed E-state index contributed by atoms with van der Waals surface area (Å²) in [5.41, 5.74) is -0.359. The summed E-state index contributed by atoms with van der Waals surface area (Å²) in [6.07, 6.45) is 4.65. The highest BCUT2D eigenvalue weighted by atomic mass is 32.2. The van der Waals surface area contributed by atoms with Crippen LogP contribution in [0.1, 0.15) is 16.9 Å². The molecule has 2 aromatic rings. The first kappa shape index (κ1) is 16.6. The Bertz CT molecular complexity index is 856. The number of allylic oxidation sites excluding steroid dienone is 1. The topological polar surface area (TPSA) is 111 Å². The van der Waals surface area contributed by atoms with Gasteiger partial charge in [-0.15, -0.1) is 6.58 Å². The predicted octanol–water partition coefficient (Wildman–Crippen LogP) is 1.16. The maximum absolute atomic E-state index is 12.5. The van der Waals surface area contributed by atoms with Crippen LogP contribution in [0, 0.1) is 11.3 Å². The van der Waals surface area contributed by atoms with E-state index in [0.29, 0.717) is 5.16 Å². The van der Waals surface area contributed by atoms with E-state index in [2.05, 4.69) is 21.5 Å². The van der Waals surface area contributed by atoms with Crippen molar-refractivity contribution in [2.75, 3.05) is 12.9 Å². The van der Waals surface area contributed by atoms with E-state index in [1.807, 2.05) is 6.07 Å². The molecule has 0 radical (unpaired) electrons. The summed E-state index contributed by atoms with van der Waals surface area (Å²) in [4.78, 5) is 36.6. The van der Waals surface area contributed by atoms with Gasteiger partial charge in [-0.1, -0.05) is 17.8 Å². The van der Waals surface area contributed by atoms with E-state index in [9.17, 15) is 9.59 Å². The molecule has 0 fully saturated rings. The number of rotatable bonds is 6. The fourth-order valence-corrected chi connectivity index (χ4v) is 2.34. The summed E-state index contributed by atoms with van der Waals surface area (Å²) in [6, 6.07) is 1.86. The Hall–Kier alpha value is -2.73. The molecule has 0 saturated heterocycles. The van der Waals surface area contributed by atoms with Crippen molar-refractivity contribution < 1.29 is 9.53 Å². The number of hydrogen-bond donors (Lipinski definition) is 0. The molecule has 0 bridgehead atoms. The van der Waals surface area contributed by atoms with Crippen LogP contribution in [0.25, 0.3) is 11.2 Å². The Morgan fingerprint density at radius 1 is 1.57 bits per heavy atom. The Morgan fingerprint density at radius 3 is 3.00 bits per heavy atom. The van der Waals surface area contributed by atoms with Crippen molar-refractivity contribution >= 4 is 28.9 Å². The Morgan fingerprint density at radius 2 is 2.35 bits per heavy atom. The van der Waals surface area contributed by atoms with Crippen LogP contribution in [0.4, 0.5) is 0 Å². The van der Waals surface area contributed by atoms with Crippen molar-refractivity contribution in [3.63, 3.8) is 0 Å². The van der Waals surface area contributed by atoms with Gasteiger partial charge in [-0.3, -0.25) is 9.36 Å². The highest BCUT2D eigenvalue weighted by Gasteiger charge is 2.16. The monoisotopic (exact) mass is 331 g/mol. The Kier molecular flexibility index (Phi) is 5.43. The second kappa shape index (κ2) is 7.51. The lowest BCUT2D eigenvalue weighted by molar-refractivity contribution is 0.0506. The van der Waals surface area contributed by atoms with Gasteiger partial charge in [0.15, 0.2) is 22.0 Å². The number of carbonyl (C=O) groups excluding carboxylic acids is 1. The second-order valence-electron chi connectivity index (χ2n) is 4.27. The number of thioether (sulfide) groups is 1. The lowest BCUT2D eigenvalue weighted by Gasteiger charge is -2.09. The molecule has 0 aliphatic rings. The van der Waals surface area contributed by atoms with Gasteiger partial charge in [0, 0.05) is 6.54 Å². The molecule has 0 saturated carbocycles. The van der Waals surface area contributed by atoms with Crippen molar-refractivity contribution in [3.05, 3.63) is 34.9 Å². The molecular weight excluding hydrogens is 318 g/mol. The third kappa shape index (κ3) is 3.54. The average molecular weight is 331 g/mol. The summed E-state index contributed by atoms with van der Waals surface area (Å²) in [5.74, 6) is -0.738. The molecule has 0 spiro atoms. The van der Waals surface area contributed by atoms with Crippen molar-refractivity contribution in [2.45, 2.75) is 18.1 Å². The maximum Gasteiger partial charge on any atom is 0.358 e. The van der Waals surface area contributed by atoms with E-state index >= 15 is 0 Å². The van der Waals surface area contributed by atoms with Gasteiger partial charge in [0.25, 0.3) is 5.56 Å². The summed E-state index contributed by atoms with van der Waals surface area (Å²) >= 11 is 1.30. The zero-order valence-electron chi connectivity index (χ0n) is 12.4. The van der Waals surface area contributed by atoms with E-state index in [0.717, 1.165) is 0 Å². The number of fused-ring (bicyclic) bond motifs is 1. The van der Waals surface area contributed by atoms with Crippen LogP contribution in [-0.4, -0.2) is 38.4 Å². The molecule has 0 aromatic carbocycles. The van der Waals surface area contributed by atoms with Gasteiger partial charge in [-0.25, -0.2) is 19.7 Å². The summed E-state index contributed by atoms with van der Waals surface area (Å²) in [5, 5.41) is 8.91. The molecule has 0 unspecified atom stereocenters. The molecule has 2 aromatic heterocycles. The number of esters is 1. The lowest BCUT2D eigenvalue weighted by atomic mass is 10.4. The van der Waals surface area contributed by atoms with Crippen LogP contribution in [0.2, 0.25) is 0 Å². The highest BCUT2D eigenvalue weighted by Crippen LogP contribution is 2.13. The van der Waals surface area contributed by atoms with Gasteiger partial charge in [0.2, 0.25) is 0 Å². The van der Waals surface area contributed by atoms with Gasteiger partial charge in [0.1, 0.15) is 6.61 Å². The SMILES string of the molecule is C=CCn1c(SC)nc2ncc(C(=O)OCCC#N)nc2c1=O. The number of carbonyl (C=O) groups is 1. The minimum atomic E-state index is -0.738. The molecule has 2 heterocycles. The van der Waals surface area contributed by atoms with E-state index < -0.39 is 11.5 Å². The minimum Gasteiger partial charge on any atom is -0.460 e. The van der Waals surface area contributed by atoms with Crippen LogP contribution in [-0.2, 0) is 11.3 Å². The molecule has 0 aliphatic heterocycles. The quantitative estimate of drug-likeness (QED) is 0.255. The average Bonchev–Trinajstić information content (AvgIpc) is 2.57. The largest absolute Gasteiger partial charge is 0.460 e. The van der Waals surface area contributed by atoms with Crippen LogP contribution < -0.4 is 5.56 Å². The normalized spacial score (nSPS) is 10.3. The number of hydrogen-bond acceptors (Lipinski definition) is 8. The van der Waals surface area contributed by atoms with Crippen LogP contribution in [0.3, 0.4) is 0 Å². The van der Waals surface area contributed by atoms with Gasteiger partial charge in [0.05, 0.1) is 18.7 Å². The molecule has 0 aliphatic carbocycles. The number of nitrogens with zero attached hydrogens (tertiary/aromatic N) is 5. The van der Waals surface area contributed by atoms with Crippen LogP contribution >= 0.6 is 11.8 Å². The fourth-order valence-electron chi connectivity index (χ4n) is 1.78. The third-order valence-corrected chi connectivity index (χ3v) is 3.46. The summed E-state index contributed by atoms with van der Waals surface area (Å²) in [7, 11) is 0. The first-order valence-corrected chi connectivity index (χ1v) is 7.81. The van der Waals surface area contributed by atoms with Gasteiger partial charge in [-0.05, 0) is 6.26 Å². The third-order valence-electron chi connectivity index (χ3n) is 2.78. The van der Waals surface area contributed by atoms with Crippen molar-refractivity contribution in [2.24, 2.45) is 0 Å². The minimum absolute atomic E-state index is 0.0145. The predicted molar refractivity (Wildman–Crippen MR) is 84.1 cm³/mol. The summed E-state index contributed by atoms with van der Waals surface area (Å²) < 4.78 is 6.27. The second-order valence-corrected chi connectivity index (χ2v) is 5.05. The maximum atomic E-state index is 12.5. The smallest absolute Gasteiger partial charge is 0.358 e. The van der Waals surface area contributed by atoms with Crippen LogP contribution in [0.5, 0.6) is 0 Å². The van der Waals surface area contributed by atoms with E-state index in [1.54, 1.807) is 12.3 Å². The van der Waals surface area contributed by atoms with Gasteiger partial charge < -0.3 is 4.74 Å². The first-order chi connectivity index (χ1) is 11.1. The van der Waals surface area contributed by atoms with E-state index in [4.69, 9.17) is 10.00 Å². The highest BCUT2D eigenvalue weighted by molar-refractivity contribution is 7.98. The molecule has 2 rings (SSSR count). The van der Waals surface area contributed by atoms with Crippen molar-refractivity contribution in [1.82, 2.24) is 19.5 Å². The fraction of sp³-hybridized carbons (Fsp3) is 0.286. The molecule has 118 valence electrons. The zero-order valence-corrected chi connectivity index (χ0v) is 13.2. The Labute approximate surface area is 135 Å². The first-order valence-electron chi connectivity index (χ1n) is 6.59. The number of aromatic nitrogens is 4. The molecule has 0 amide bonds. The molecule has 0 atom stereocenters. The van der Waals surface area contributed by atoms with E-state index in [-0.39, 0.29) is 36.4 Å². The van der Waals surface area contributed by atoms with Crippen LogP contribution in [0.15, 0.2) is 28.8 Å². The Balaban J connectivity index is 2.48.